The largest absolute Gasteiger partial charge is 0.330 e. The third-order valence-electron chi connectivity index (χ3n) is 4.02. The van der Waals surface area contributed by atoms with Gasteiger partial charge in [-0.3, -0.25) is 0 Å². The number of fused-ring (bicyclic) bond motifs is 1. The van der Waals surface area contributed by atoms with E-state index in [1.807, 2.05) is 6.20 Å². The van der Waals surface area contributed by atoms with Crippen molar-refractivity contribution in [2.75, 3.05) is 6.54 Å². The molecule has 0 radical (unpaired) electrons. The maximum Gasteiger partial charge on any atom is 0.159 e. The number of hydrogen-bond acceptors (Lipinski definition) is 3. The highest BCUT2D eigenvalue weighted by Crippen LogP contribution is 2.27. The summed E-state index contributed by atoms with van der Waals surface area (Å²) in [6, 6.07) is 6.25. The Balaban J connectivity index is 1.94. The van der Waals surface area contributed by atoms with Crippen LogP contribution in [0.2, 0.25) is 0 Å². The van der Waals surface area contributed by atoms with Crippen molar-refractivity contribution < 1.29 is 0 Å². The van der Waals surface area contributed by atoms with Crippen LogP contribution in [0.5, 0.6) is 0 Å². The zero-order valence-corrected chi connectivity index (χ0v) is 13.2. The van der Waals surface area contributed by atoms with Crippen LogP contribution in [-0.4, -0.2) is 16.5 Å². The predicted molar refractivity (Wildman–Crippen MR) is 84.5 cm³/mol. The molecular formula is C16H18BrN3. The van der Waals surface area contributed by atoms with Crippen molar-refractivity contribution in [2.24, 2.45) is 11.7 Å². The summed E-state index contributed by atoms with van der Waals surface area (Å²) < 4.78 is 1.10. The quantitative estimate of drug-likeness (QED) is 0.918. The lowest BCUT2D eigenvalue weighted by Gasteiger charge is -2.22. The van der Waals surface area contributed by atoms with Gasteiger partial charge in [0.15, 0.2) is 5.82 Å². The molecule has 0 saturated heterocycles. The number of aromatic nitrogens is 2. The molecule has 1 heterocycles. The van der Waals surface area contributed by atoms with Crippen molar-refractivity contribution in [2.45, 2.75) is 26.2 Å². The molecule has 1 aromatic carbocycles. The van der Waals surface area contributed by atoms with Gasteiger partial charge in [0, 0.05) is 21.9 Å². The summed E-state index contributed by atoms with van der Waals surface area (Å²) in [6.45, 7) is 2.83. The third-order valence-corrected chi connectivity index (χ3v) is 4.87. The summed E-state index contributed by atoms with van der Waals surface area (Å²) in [5, 5.41) is 0. The molecule has 0 spiro atoms. The maximum absolute atomic E-state index is 5.77. The van der Waals surface area contributed by atoms with Gasteiger partial charge in [-0.2, -0.15) is 0 Å². The second-order valence-corrected chi connectivity index (χ2v) is 6.33. The molecule has 1 aliphatic rings. The smallest absolute Gasteiger partial charge is 0.159 e. The van der Waals surface area contributed by atoms with Gasteiger partial charge >= 0.3 is 0 Å². The number of nitrogens with zero attached hydrogens (tertiary/aromatic N) is 2. The van der Waals surface area contributed by atoms with Crippen LogP contribution in [0.15, 0.2) is 28.9 Å². The molecule has 0 amide bonds. The monoisotopic (exact) mass is 331 g/mol. The Morgan fingerprint density at radius 1 is 1.40 bits per heavy atom. The van der Waals surface area contributed by atoms with Gasteiger partial charge in [-0.25, -0.2) is 9.97 Å². The van der Waals surface area contributed by atoms with Crippen molar-refractivity contribution in [3.63, 3.8) is 0 Å². The summed E-state index contributed by atoms with van der Waals surface area (Å²) in [7, 11) is 0. The molecular weight excluding hydrogens is 314 g/mol. The number of halogens is 1. The third kappa shape index (κ3) is 2.63. The van der Waals surface area contributed by atoms with E-state index in [1.54, 1.807) is 0 Å². The first kappa shape index (κ1) is 13.7. The van der Waals surface area contributed by atoms with Crippen molar-refractivity contribution in [3.8, 4) is 11.4 Å². The highest BCUT2D eigenvalue weighted by atomic mass is 79.9. The molecule has 20 heavy (non-hydrogen) atoms. The fraction of sp³-hybridized carbons (Fsp3) is 0.375. The van der Waals surface area contributed by atoms with E-state index in [0.717, 1.165) is 41.7 Å². The maximum atomic E-state index is 5.77. The minimum atomic E-state index is 0.588. The first-order chi connectivity index (χ1) is 9.67. The number of benzene rings is 1. The lowest BCUT2D eigenvalue weighted by atomic mass is 9.87. The summed E-state index contributed by atoms with van der Waals surface area (Å²) in [6.07, 6.45) is 5.15. The fourth-order valence-corrected chi connectivity index (χ4v) is 3.03. The average Bonchev–Trinajstić information content (AvgIpc) is 2.49. The second-order valence-electron chi connectivity index (χ2n) is 5.47. The van der Waals surface area contributed by atoms with E-state index >= 15 is 0 Å². The number of rotatable bonds is 2. The Hall–Kier alpha value is -1.26. The molecule has 3 rings (SSSR count). The lowest BCUT2D eigenvalue weighted by Crippen LogP contribution is -2.23. The average molecular weight is 332 g/mol. The second kappa shape index (κ2) is 5.62. The van der Waals surface area contributed by atoms with Crippen LogP contribution in [-0.2, 0) is 12.8 Å². The number of aryl methyl sites for hydroxylation is 2. The Bertz CT molecular complexity index is 640. The van der Waals surface area contributed by atoms with E-state index in [-0.39, 0.29) is 0 Å². The summed E-state index contributed by atoms with van der Waals surface area (Å²) in [5.74, 6) is 1.40. The van der Waals surface area contributed by atoms with Crippen LogP contribution in [0.1, 0.15) is 23.2 Å². The lowest BCUT2D eigenvalue weighted by molar-refractivity contribution is 0.462. The molecule has 2 N–H and O–H groups in total. The zero-order chi connectivity index (χ0) is 14.1. The van der Waals surface area contributed by atoms with E-state index in [2.05, 4.69) is 46.0 Å². The topological polar surface area (TPSA) is 51.8 Å². The van der Waals surface area contributed by atoms with Crippen molar-refractivity contribution in [1.29, 1.82) is 0 Å². The molecule has 1 aromatic heterocycles. The van der Waals surface area contributed by atoms with Gasteiger partial charge in [0.1, 0.15) is 0 Å². The van der Waals surface area contributed by atoms with Crippen LogP contribution < -0.4 is 5.73 Å². The molecule has 1 atom stereocenters. The highest BCUT2D eigenvalue weighted by molar-refractivity contribution is 9.10. The zero-order valence-electron chi connectivity index (χ0n) is 11.6. The van der Waals surface area contributed by atoms with E-state index in [4.69, 9.17) is 10.7 Å². The van der Waals surface area contributed by atoms with Crippen molar-refractivity contribution >= 4 is 15.9 Å². The van der Waals surface area contributed by atoms with Gasteiger partial charge in [0.05, 0.1) is 0 Å². The summed E-state index contributed by atoms with van der Waals surface area (Å²) in [4.78, 5) is 9.28. The van der Waals surface area contributed by atoms with Crippen LogP contribution in [0.25, 0.3) is 11.4 Å². The highest BCUT2D eigenvalue weighted by Gasteiger charge is 2.19. The van der Waals surface area contributed by atoms with E-state index < -0.39 is 0 Å². The van der Waals surface area contributed by atoms with Gasteiger partial charge in [-0.1, -0.05) is 28.1 Å². The molecule has 2 aromatic rings. The SMILES string of the molecule is Cc1ccc(-c2ncc3c(n2)CCC(CN)C3)cc1Br. The van der Waals surface area contributed by atoms with E-state index in [0.29, 0.717) is 5.92 Å². The summed E-state index contributed by atoms with van der Waals surface area (Å²) in [5.41, 5.74) is 10.5. The van der Waals surface area contributed by atoms with Crippen molar-refractivity contribution in [3.05, 3.63) is 45.7 Å². The van der Waals surface area contributed by atoms with Gasteiger partial charge in [0.2, 0.25) is 0 Å². The Morgan fingerprint density at radius 3 is 3.00 bits per heavy atom. The summed E-state index contributed by atoms with van der Waals surface area (Å²) >= 11 is 3.57. The molecule has 3 nitrogen and oxygen atoms in total. The van der Waals surface area contributed by atoms with Crippen LogP contribution >= 0.6 is 15.9 Å². The van der Waals surface area contributed by atoms with E-state index in [9.17, 15) is 0 Å². The van der Waals surface area contributed by atoms with Gasteiger partial charge < -0.3 is 5.73 Å². The molecule has 1 aliphatic carbocycles. The van der Waals surface area contributed by atoms with Gasteiger partial charge in [-0.15, -0.1) is 0 Å². The Labute approximate surface area is 127 Å². The van der Waals surface area contributed by atoms with Gasteiger partial charge in [0.25, 0.3) is 0 Å². The molecule has 4 heteroatoms. The van der Waals surface area contributed by atoms with Crippen LogP contribution in [0.3, 0.4) is 0 Å². The fourth-order valence-electron chi connectivity index (χ4n) is 2.66. The van der Waals surface area contributed by atoms with Crippen LogP contribution in [0, 0.1) is 12.8 Å². The molecule has 0 saturated carbocycles. The number of hydrogen-bond donors (Lipinski definition) is 1. The van der Waals surface area contributed by atoms with Crippen LogP contribution in [0.4, 0.5) is 0 Å². The molecule has 0 aliphatic heterocycles. The Kier molecular flexibility index (Phi) is 3.85. The normalized spacial score (nSPS) is 17.9. The molecule has 104 valence electrons. The first-order valence-corrected chi connectivity index (χ1v) is 7.78. The predicted octanol–water partition coefficient (Wildman–Crippen LogP) is 3.28. The Morgan fingerprint density at radius 2 is 2.25 bits per heavy atom. The molecule has 0 fully saturated rings. The first-order valence-electron chi connectivity index (χ1n) is 6.98. The van der Waals surface area contributed by atoms with E-state index in [1.165, 1.54) is 16.8 Å². The standard InChI is InChI=1S/C16H18BrN3/c1-10-2-4-12(7-14(10)17)16-19-9-13-6-11(8-18)3-5-15(13)20-16/h2,4,7,9,11H,3,5-6,8,18H2,1H3. The minimum absolute atomic E-state index is 0.588. The molecule has 0 bridgehead atoms. The van der Waals surface area contributed by atoms with Gasteiger partial charge in [-0.05, 0) is 55.8 Å². The number of nitrogens with two attached hydrogens (primary N) is 1. The van der Waals surface area contributed by atoms with Crippen molar-refractivity contribution in [1.82, 2.24) is 9.97 Å². The molecule has 1 unspecified atom stereocenters. The minimum Gasteiger partial charge on any atom is -0.330 e.